The minimum absolute atomic E-state index is 0.0145. The molecule has 0 aliphatic heterocycles. The molecule has 1 unspecified atom stereocenters. The van der Waals surface area contributed by atoms with Gasteiger partial charge in [-0.2, -0.15) is 0 Å². The van der Waals surface area contributed by atoms with Crippen LogP contribution < -0.4 is 4.74 Å². The van der Waals surface area contributed by atoms with Crippen LogP contribution in [0.3, 0.4) is 0 Å². The zero-order chi connectivity index (χ0) is 18.1. The number of ether oxygens (including phenoxy) is 1. The van der Waals surface area contributed by atoms with Gasteiger partial charge in [0, 0.05) is 19.5 Å². The van der Waals surface area contributed by atoms with Gasteiger partial charge in [0.2, 0.25) is 5.91 Å². The van der Waals surface area contributed by atoms with Gasteiger partial charge in [0.15, 0.2) is 0 Å². The Hall–Kier alpha value is -2.04. The average Bonchev–Trinajstić information content (AvgIpc) is 2.51. The molecule has 1 rings (SSSR count). The van der Waals surface area contributed by atoms with Crippen LogP contribution in [0.4, 0.5) is 0 Å². The highest BCUT2D eigenvalue weighted by Crippen LogP contribution is 2.22. The lowest BCUT2D eigenvalue weighted by Gasteiger charge is -2.25. The summed E-state index contributed by atoms with van der Waals surface area (Å²) in [5.41, 5.74) is 1.08. The molecule has 5 heteroatoms. The Morgan fingerprint density at radius 3 is 2.46 bits per heavy atom. The van der Waals surface area contributed by atoms with E-state index in [9.17, 15) is 9.59 Å². The maximum atomic E-state index is 12.5. The lowest BCUT2D eigenvalue weighted by atomic mass is 9.96. The quantitative estimate of drug-likeness (QED) is 0.713. The van der Waals surface area contributed by atoms with Crippen LogP contribution in [0.5, 0.6) is 5.75 Å². The van der Waals surface area contributed by atoms with Crippen molar-refractivity contribution in [1.29, 1.82) is 0 Å². The van der Waals surface area contributed by atoms with Gasteiger partial charge in [0.05, 0.1) is 13.5 Å². The highest BCUT2D eigenvalue weighted by Gasteiger charge is 2.19. The number of amides is 1. The molecular formula is C19H29NO4. The van der Waals surface area contributed by atoms with Gasteiger partial charge in [-0.05, 0) is 29.9 Å². The summed E-state index contributed by atoms with van der Waals surface area (Å²) in [6, 6.07) is 7.82. The lowest BCUT2D eigenvalue weighted by molar-refractivity contribution is -0.138. The molecule has 0 saturated heterocycles. The van der Waals surface area contributed by atoms with E-state index in [0.717, 1.165) is 17.7 Å². The zero-order valence-electron chi connectivity index (χ0n) is 15.1. The van der Waals surface area contributed by atoms with E-state index in [1.807, 2.05) is 45.0 Å². The molecule has 1 N–H and O–H groups in total. The molecule has 1 atom stereocenters. The highest BCUT2D eigenvalue weighted by atomic mass is 16.5. The summed E-state index contributed by atoms with van der Waals surface area (Å²) in [5, 5.41) is 8.86. The van der Waals surface area contributed by atoms with Crippen LogP contribution in [-0.4, -0.2) is 42.1 Å². The number of nitrogens with zero attached hydrogens (tertiary/aromatic N) is 1. The number of carboxylic acid groups (broad SMARTS) is 1. The average molecular weight is 335 g/mol. The van der Waals surface area contributed by atoms with Crippen molar-refractivity contribution in [2.24, 2.45) is 11.8 Å². The van der Waals surface area contributed by atoms with Gasteiger partial charge in [0.1, 0.15) is 5.75 Å². The van der Waals surface area contributed by atoms with E-state index in [2.05, 4.69) is 0 Å². The third-order valence-electron chi connectivity index (χ3n) is 3.82. The van der Waals surface area contributed by atoms with Gasteiger partial charge in [-0.1, -0.05) is 39.0 Å². The topological polar surface area (TPSA) is 66.8 Å². The molecule has 0 aromatic heterocycles. The molecule has 0 aliphatic carbocycles. The molecule has 0 heterocycles. The van der Waals surface area contributed by atoms with Gasteiger partial charge in [-0.25, -0.2) is 0 Å². The van der Waals surface area contributed by atoms with Crippen molar-refractivity contribution < 1.29 is 19.4 Å². The first-order valence-electron chi connectivity index (χ1n) is 8.45. The molecule has 0 spiro atoms. The summed E-state index contributed by atoms with van der Waals surface area (Å²) in [7, 11) is 1.64. The number of carbonyl (C=O) groups excluding carboxylic acids is 1. The number of hydrogen-bond donors (Lipinski definition) is 1. The van der Waals surface area contributed by atoms with Gasteiger partial charge in [0.25, 0.3) is 0 Å². The van der Waals surface area contributed by atoms with E-state index in [-0.39, 0.29) is 24.8 Å². The summed E-state index contributed by atoms with van der Waals surface area (Å²) in [4.78, 5) is 25.0. The van der Waals surface area contributed by atoms with Crippen LogP contribution in [0.25, 0.3) is 0 Å². The largest absolute Gasteiger partial charge is 0.496 e. The maximum Gasteiger partial charge on any atom is 0.305 e. The van der Waals surface area contributed by atoms with Crippen LogP contribution in [0, 0.1) is 11.8 Å². The summed E-state index contributed by atoms with van der Waals surface area (Å²) >= 11 is 0. The van der Waals surface area contributed by atoms with Crippen molar-refractivity contribution in [2.45, 2.75) is 40.0 Å². The number of carbonyl (C=O) groups is 2. The Morgan fingerprint density at radius 1 is 1.21 bits per heavy atom. The minimum Gasteiger partial charge on any atom is -0.496 e. The Kier molecular flexibility index (Phi) is 8.30. The van der Waals surface area contributed by atoms with Gasteiger partial charge >= 0.3 is 5.97 Å². The predicted octanol–water partition coefficient (Wildman–Crippen LogP) is 3.22. The van der Waals surface area contributed by atoms with Crippen molar-refractivity contribution in [3.8, 4) is 5.75 Å². The second-order valence-corrected chi connectivity index (χ2v) is 6.70. The number of para-hydroxylation sites is 1. The fourth-order valence-electron chi connectivity index (χ4n) is 2.74. The first-order chi connectivity index (χ1) is 11.3. The predicted molar refractivity (Wildman–Crippen MR) is 94.1 cm³/mol. The summed E-state index contributed by atoms with van der Waals surface area (Å²) in [6.07, 6.45) is 1.15. The second-order valence-electron chi connectivity index (χ2n) is 6.70. The molecule has 0 saturated carbocycles. The first kappa shape index (κ1) is 20.0. The van der Waals surface area contributed by atoms with Crippen LogP contribution in [-0.2, 0) is 16.0 Å². The highest BCUT2D eigenvalue weighted by molar-refractivity contribution is 5.77. The van der Waals surface area contributed by atoms with Crippen molar-refractivity contribution in [2.75, 3.05) is 20.2 Å². The van der Waals surface area contributed by atoms with E-state index < -0.39 is 5.97 Å². The summed E-state index contributed by atoms with van der Waals surface area (Å²) in [6.45, 7) is 6.95. The third kappa shape index (κ3) is 7.02. The van der Waals surface area contributed by atoms with Crippen molar-refractivity contribution in [1.82, 2.24) is 4.90 Å². The van der Waals surface area contributed by atoms with Gasteiger partial charge in [-0.3, -0.25) is 9.59 Å². The van der Waals surface area contributed by atoms with Gasteiger partial charge < -0.3 is 14.7 Å². The van der Waals surface area contributed by atoms with E-state index in [4.69, 9.17) is 9.84 Å². The molecule has 1 aromatic carbocycles. The van der Waals surface area contributed by atoms with E-state index in [1.165, 1.54) is 0 Å². The monoisotopic (exact) mass is 335 g/mol. The standard InChI is InChI=1S/C19H29NO4/c1-14(2)13-20(10-9-19(22)23)18(21)12-15(3)11-16-7-5-6-8-17(16)24-4/h5-8,14-15H,9-13H2,1-4H3,(H,22,23). The smallest absolute Gasteiger partial charge is 0.305 e. The molecule has 5 nitrogen and oxygen atoms in total. The number of carboxylic acids is 1. The number of aliphatic carboxylic acids is 1. The molecule has 1 aromatic rings. The van der Waals surface area contributed by atoms with E-state index in [1.54, 1.807) is 12.0 Å². The number of rotatable bonds is 10. The lowest BCUT2D eigenvalue weighted by Crippen LogP contribution is -2.36. The number of methoxy groups -OCH3 is 1. The third-order valence-corrected chi connectivity index (χ3v) is 3.82. The normalized spacial score (nSPS) is 12.0. The van der Waals surface area contributed by atoms with Crippen molar-refractivity contribution in [3.63, 3.8) is 0 Å². The fraction of sp³-hybridized carbons (Fsp3) is 0.579. The molecular weight excluding hydrogens is 306 g/mol. The molecule has 0 fully saturated rings. The van der Waals surface area contributed by atoms with E-state index in [0.29, 0.717) is 18.9 Å². The van der Waals surface area contributed by atoms with Crippen molar-refractivity contribution in [3.05, 3.63) is 29.8 Å². The minimum atomic E-state index is -0.876. The molecule has 24 heavy (non-hydrogen) atoms. The Labute approximate surface area is 144 Å². The second kappa shape index (κ2) is 9.96. The zero-order valence-corrected chi connectivity index (χ0v) is 15.1. The first-order valence-corrected chi connectivity index (χ1v) is 8.45. The van der Waals surface area contributed by atoms with Crippen LogP contribution in [0.15, 0.2) is 24.3 Å². The van der Waals surface area contributed by atoms with Crippen LogP contribution >= 0.6 is 0 Å². The van der Waals surface area contributed by atoms with Crippen LogP contribution in [0.2, 0.25) is 0 Å². The summed E-state index contributed by atoms with van der Waals surface area (Å²) in [5.74, 6) is 0.452. The van der Waals surface area contributed by atoms with Crippen molar-refractivity contribution >= 4 is 11.9 Å². The Morgan fingerprint density at radius 2 is 1.88 bits per heavy atom. The van der Waals surface area contributed by atoms with E-state index >= 15 is 0 Å². The van der Waals surface area contributed by atoms with Gasteiger partial charge in [-0.15, -0.1) is 0 Å². The molecule has 0 bridgehead atoms. The maximum absolute atomic E-state index is 12.5. The number of hydrogen-bond acceptors (Lipinski definition) is 3. The summed E-state index contributed by atoms with van der Waals surface area (Å²) < 4.78 is 5.36. The Bertz CT molecular complexity index is 542. The SMILES string of the molecule is COc1ccccc1CC(C)CC(=O)N(CCC(=O)O)CC(C)C. The molecule has 0 aliphatic rings. The molecule has 134 valence electrons. The number of benzene rings is 1. The molecule has 0 radical (unpaired) electrons. The van der Waals surface area contributed by atoms with Crippen LogP contribution in [0.1, 0.15) is 39.2 Å². The Balaban J connectivity index is 2.65. The molecule has 1 amide bonds. The fourth-order valence-corrected chi connectivity index (χ4v) is 2.74.